The minimum atomic E-state index is 0.224. The van der Waals surface area contributed by atoms with Gasteiger partial charge in [-0.15, -0.1) is 0 Å². The number of nitrogens with two attached hydrogens (primary N) is 1. The molecule has 21 heavy (non-hydrogen) atoms. The standard InChI is InChI=1S/C20H35N/c1-5-9-10-11-12-13-19(21)20-17(7-3)14-16(6-2)15-18(20)8-4/h14-15,19H,5-13,21H2,1-4H3. The summed E-state index contributed by atoms with van der Waals surface area (Å²) in [4.78, 5) is 0. The van der Waals surface area contributed by atoms with Gasteiger partial charge in [0, 0.05) is 6.04 Å². The molecule has 0 amide bonds. The lowest BCUT2D eigenvalue weighted by molar-refractivity contribution is 0.550. The average Bonchev–Trinajstić information content (AvgIpc) is 2.52. The Labute approximate surface area is 132 Å². The van der Waals surface area contributed by atoms with E-state index >= 15 is 0 Å². The smallest absolute Gasteiger partial charge is 0.0300 e. The first kappa shape index (κ1) is 18.2. The quantitative estimate of drug-likeness (QED) is 0.546. The van der Waals surface area contributed by atoms with Crippen LogP contribution >= 0.6 is 0 Å². The fraction of sp³-hybridized carbons (Fsp3) is 0.700. The summed E-state index contributed by atoms with van der Waals surface area (Å²) in [5.74, 6) is 0. The largest absolute Gasteiger partial charge is 0.324 e. The fourth-order valence-corrected chi connectivity index (χ4v) is 3.23. The van der Waals surface area contributed by atoms with Crippen LogP contribution in [0.5, 0.6) is 0 Å². The molecule has 0 saturated heterocycles. The van der Waals surface area contributed by atoms with E-state index in [1.54, 1.807) is 0 Å². The van der Waals surface area contributed by atoms with Crippen LogP contribution in [0.1, 0.15) is 94.5 Å². The summed E-state index contributed by atoms with van der Waals surface area (Å²) in [5.41, 5.74) is 12.4. The van der Waals surface area contributed by atoms with Crippen molar-refractivity contribution in [2.75, 3.05) is 0 Å². The molecule has 1 heteroatoms. The highest BCUT2D eigenvalue weighted by atomic mass is 14.6. The maximum absolute atomic E-state index is 6.55. The molecule has 0 bridgehead atoms. The zero-order valence-electron chi connectivity index (χ0n) is 14.7. The van der Waals surface area contributed by atoms with Crippen LogP contribution < -0.4 is 5.73 Å². The minimum Gasteiger partial charge on any atom is -0.324 e. The normalized spacial score (nSPS) is 12.6. The molecule has 120 valence electrons. The summed E-state index contributed by atoms with van der Waals surface area (Å²) in [6, 6.07) is 4.99. The lowest BCUT2D eigenvalue weighted by Crippen LogP contribution is -2.15. The van der Waals surface area contributed by atoms with Crippen molar-refractivity contribution < 1.29 is 0 Å². The van der Waals surface area contributed by atoms with Crippen molar-refractivity contribution in [1.82, 2.24) is 0 Å². The number of rotatable bonds is 10. The highest BCUT2D eigenvalue weighted by Gasteiger charge is 2.15. The summed E-state index contributed by atoms with van der Waals surface area (Å²) in [7, 11) is 0. The molecule has 0 aromatic heterocycles. The van der Waals surface area contributed by atoms with E-state index in [0.717, 1.165) is 25.7 Å². The summed E-state index contributed by atoms with van der Waals surface area (Å²) in [6.45, 7) is 9.01. The van der Waals surface area contributed by atoms with Crippen molar-refractivity contribution in [3.63, 3.8) is 0 Å². The second kappa shape index (κ2) is 10.00. The lowest BCUT2D eigenvalue weighted by Gasteiger charge is -2.21. The number of hydrogen-bond acceptors (Lipinski definition) is 1. The van der Waals surface area contributed by atoms with E-state index in [9.17, 15) is 0 Å². The van der Waals surface area contributed by atoms with Crippen LogP contribution in [-0.2, 0) is 19.3 Å². The highest BCUT2D eigenvalue weighted by molar-refractivity contribution is 5.41. The molecule has 0 heterocycles. The Morgan fingerprint density at radius 3 is 1.86 bits per heavy atom. The van der Waals surface area contributed by atoms with Gasteiger partial charge < -0.3 is 5.73 Å². The molecule has 1 aromatic carbocycles. The third-order valence-corrected chi connectivity index (χ3v) is 4.57. The average molecular weight is 290 g/mol. The van der Waals surface area contributed by atoms with E-state index in [4.69, 9.17) is 5.73 Å². The first-order chi connectivity index (χ1) is 10.2. The Balaban J connectivity index is 2.79. The zero-order chi connectivity index (χ0) is 15.7. The van der Waals surface area contributed by atoms with Crippen LogP contribution in [0.3, 0.4) is 0 Å². The molecule has 0 saturated carbocycles. The van der Waals surface area contributed by atoms with E-state index in [2.05, 4.69) is 39.8 Å². The Bertz CT molecular complexity index is 383. The van der Waals surface area contributed by atoms with Gasteiger partial charge in [-0.05, 0) is 47.9 Å². The molecule has 0 aliphatic heterocycles. The zero-order valence-corrected chi connectivity index (χ0v) is 14.7. The van der Waals surface area contributed by atoms with E-state index in [-0.39, 0.29) is 6.04 Å². The van der Waals surface area contributed by atoms with Gasteiger partial charge in [0.15, 0.2) is 0 Å². The van der Waals surface area contributed by atoms with Crippen LogP contribution in [0.25, 0.3) is 0 Å². The van der Waals surface area contributed by atoms with Crippen molar-refractivity contribution in [3.05, 3.63) is 34.4 Å². The van der Waals surface area contributed by atoms with E-state index in [0.29, 0.717) is 0 Å². The maximum atomic E-state index is 6.55. The SMILES string of the molecule is CCCCCCCC(N)c1c(CC)cc(CC)cc1CC. The van der Waals surface area contributed by atoms with E-state index < -0.39 is 0 Å². The maximum Gasteiger partial charge on any atom is 0.0300 e. The first-order valence-corrected chi connectivity index (χ1v) is 9.07. The van der Waals surface area contributed by atoms with Gasteiger partial charge >= 0.3 is 0 Å². The van der Waals surface area contributed by atoms with Gasteiger partial charge in [-0.2, -0.15) is 0 Å². The molecule has 1 aromatic rings. The molecule has 1 rings (SSSR count). The van der Waals surface area contributed by atoms with Gasteiger partial charge in [0.25, 0.3) is 0 Å². The highest BCUT2D eigenvalue weighted by Crippen LogP contribution is 2.28. The van der Waals surface area contributed by atoms with E-state index in [1.807, 2.05) is 0 Å². The molecular formula is C20H35N. The molecule has 0 aliphatic rings. The predicted molar refractivity (Wildman–Crippen MR) is 94.9 cm³/mol. The molecule has 0 aliphatic carbocycles. The molecule has 1 atom stereocenters. The number of benzene rings is 1. The molecule has 2 N–H and O–H groups in total. The Kier molecular flexibility index (Phi) is 8.68. The van der Waals surface area contributed by atoms with Crippen molar-refractivity contribution in [2.45, 2.75) is 91.5 Å². The molecule has 1 unspecified atom stereocenters. The number of hydrogen-bond donors (Lipinski definition) is 1. The first-order valence-electron chi connectivity index (χ1n) is 9.07. The molecule has 0 spiro atoms. The van der Waals surface area contributed by atoms with Gasteiger partial charge in [0.05, 0.1) is 0 Å². The Morgan fingerprint density at radius 2 is 1.38 bits per heavy atom. The van der Waals surface area contributed by atoms with E-state index in [1.165, 1.54) is 54.4 Å². The van der Waals surface area contributed by atoms with Crippen LogP contribution in [-0.4, -0.2) is 0 Å². The van der Waals surface area contributed by atoms with Gasteiger partial charge in [0.2, 0.25) is 0 Å². The summed E-state index contributed by atoms with van der Waals surface area (Å²) in [6.07, 6.45) is 11.1. The Morgan fingerprint density at radius 1 is 0.810 bits per heavy atom. The van der Waals surface area contributed by atoms with Crippen molar-refractivity contribution >= 4 is 0 Å². The van der Waals surface area contributed by atoms with Crippen LogP contribution in [0.4, 0.5) is 0 Å². The fourth-order valence-electron chi connectivity index (χ4n) is 3.23. The minimum absolute atomic E-state index is 0.224. The monoisotopic (exact) mass is 289 g/mol. The van der Waals surface area contributed by atoms with Crippen molar-refractivity contribution in [1.29, 1.82) is 0 Å². The third-order valence-electron chi connectivity index (χ3n) is 4.57. The summed E-state index contributed by atoms with van der Waals surface area (Å²) >= 11 is 0. The van der Waals surface area contributed by atoms with Gasteiger partial charge in [-0.25, -0.2) is 0 Å². The van der Waals surface area contributed by atoms with Crippen LogP contribution in [0, 0.1) is 0 Å². The molecule has 0 fully saturated rings. The van der Waals surface area contributed by atoms with Gasteiger partial charge in [-0.1, -0.05) is 71.9 Å². The Hall–Kier alpha value is -0.820. The van der Waals surface area contributed by atoms with Crippen LogP contribution in [0.15, 0.2) is 12.1 Å². The summed E-state index contributed by atoms with van der Waals surface area (Å²) < 4.78 is 0. The van der Waals surface area contributed by atoms with Crippen molar-refractivity contribution in [3.8, 4) is 0 Å². The topological polar surface area (TPSA) is 26.0 Å². The third kappa shape index (κ3) is 5.47. The van der Waals surface area contributed by atoms with Crippen LogP contribution in [0.2, 0.25) is 0 Å². The molecule has 0 radical (unpaired) electrons. The molecular weight excluding hydrogens is 254 g/mol. The second-order valence-corrected chi connectivity index (χ2v) is 6.20. The number of aryl methyl sites for hydroxylation is 3. The number of unbranched alkanes of at least 4 members (excludes halogenated alkanes) is 4. The second-order valence-electron chi connectivity index (χ2n) is 6.20. The predicted octanol–water partition coefficient (Wildman–Crippen LogP) is 5.73. The van der Waals surface area contributed by atoms with Crippen molar-refractivity contribution in [2.24, 2.45) is 5.73 Å². The van der Waals surface area contributed by atoms with Gasteiger partial charge in [0.1, 0.15) is 0 Å². The summed E-state index contributed by atoms with van der Waals surface area (Å²) in [5, 5.41) is 0. The lowest BCUT2D eigenvalue weighted by atomic mass is 9.87. The van der Waals surface area contributed by atoms with Gasteiger partial charge in [-0.3, -0.25) is 0 Å². The molecule has 1 nitrogen and oxygen atoms in total.